The van der Waals surface area contributed by atoms with E-state index in [2.05, 4.69) is 15.5 Å². The van der Waals surface area contributed by atoms with Crippen molar-refractivity contribution in [2.75, 3.05) is 19.6 Å². The Labute approximate surface area is 113 Å². The Morgan fingerprint density at radius 2 is 2.16 bits per heavy atom. The molecule has 2 aliphatic rings. The van der Waals surface area contributed by atoms with Crippen LogP contribution in [0, 0.1) is 0 Å². The number of H-pyrrole nitrogens is 1. The molecule has 2 N–H and O–H groups in total. The molecule has 0 saturated carbocycles. The number of hydrogen-bond donors (Lipinski definition) is 2. The largest absolute Gasteiger partial charge is 0.335 e. The fraction of sp³-hybridized carbons (Fsp3) is 0.571. The third kappa shape index (κ3) is 2.87. The number of nitrogens with one attached hydrogen (secondary N) is 2. The van der Waals surface area contributed by atoms with Gasteiger partial charge in [0.1, 0.15) is 0 Å². The van der Waals surface area contributed by atoms with Crippen molar-refractivity contribution in [1.82, 2.24) is 20.4 Å². The van der Waals surface area contributed by atoms with Crippen molar-refractivity contribution in [3.63, 3.8) is 0 Å². The minimum atomic E-state index is 0.158. The molecule has 1 saturated heterocycles. The lowest BCUT2D eigenvalue weighted by molar-refractivity contribution is -0.126. The van der Waals surface area contributed by atoms with Crippen LogP contribution in [0.4, 0.5) is 0 Å². The molecule has 0 aromatic carbocycles. The fourth-order valence-corrected chi connectivity index (χ4v) is 2.77. The molecule has 0 spiro atoms. The Bertz CT molecular complexity index is 483. The van der Waals surface area contributed by atoms with Gasteiger partial charge in [0.05, 0.1) is 6.20 Å². The van der Waals surface area contributed by atoms with Crippen LogP contribution >= 0.6 is 0 Å². The summed E-state index contributed by atoms with van der Waals surface area (Å²) in [7, 11) is 0. The number of carbonyl (C=O) groups is 1. The molecular formula is C14H20N4O. The quantitative estimate of drug-likeness (QED) is 0.740. The molecule has 1 aromatic rings. The summed E-state index contributed by atoms with van der Waals surface area (Å²) in [6.45, 7) is 3.51. The van der Waals surface area contributed by atoms with Crippen LogP contribution in [0.3, 0.4) is 0 Å². The van der Waals surface area contributed by atoms with E-state index in [9.17, 15) is 4.79 Å². The number of rotatable bonds is 1. The topological polar surface area (TPSA) is 61.0 Å². The van der Waals surface area contributed by atoms with Crippen molar-refractivity contribution in [2.45, 2.75) is 32.2 Å². The first-order valence-corrected chi connectivity index (χ1v) is 7.03. The minimum absolute atomic E-state index is 0.158. The number of carbonyl (C=O) groups excluding carboxylic acids is 1. The molecule has 1 amide bonds. The number of amides is 1. The highest BCUT2D eigenvalue weighted by Crippen LogP contribution is 2.17. The van der Waals surface area contributed by atoms with E-state index in [1.807, 2.05) is 17.2 Å². The highest BCUT2D eigenvalue weighted by molar-refractivity contribution is 5.88. The van der Waals surface area contributed by atoms with Gasteiger partial charge in [-0.25, -0.2) is 0 Å². The molecule has 0 bridgehead atoms. The molecule has 3 rings (SSSR count). The van der Waals surface area contributed by atoms with Crippen molar-refractivity contribution in [3.8, 4) is 0 Å². The molecule has 3 heterocycles. The zero-order valence-electron chi connectivity index (χ0n) is 11.1. The smallest absolute Gasteiger partial charge is 0.246 e. The average molecular weight is 260 g/mol. The molecule has 102 valence electrons. The second kappa shape index (κ2) is 5.57. The molecule has 5 nitrogen and oxygen atoms in total. The first-order chi connectivity index (χ1) is 9.33. The van der Waals surface area contributed by atoms with E-state index in [1.165, 1.54) is 11.3 Å². The summed E-state index contributed by atoms with van der Waals surface area (Å²) >= 11 is 0. The summed E-state index contributed by atoms with van der Waals surface area (Å²) in [5, 5.41) is 10.4. The number of nitrogens with zero attached hydrogens (tertiary/aromatic N) is 2. The van der Waals surface area contributed by atoms with E-state index >= 15 is 0 Å². The summed E-state index contributed by atoms with van der Waals surface area (Å²) < 4.78 is 0. The molecule has 0 unspecified atom stereocenters. The van der Waals surface area contributed by atoms with E-state index in [0.29, 0.717) is 6.54 Å². The predicted molar refractivity (Wildman–Crippen MR) is 72.5 cm³/mol. The molecule has 0 radical (unpaired) electrons. The number of aromatic amines is 1. The van der Waals surface area contributed by atoms with Gasteiger partial charge in [-0.2, -0.15) is 5.10 Å². The summed E-state index contributed by atoms with van der Waals surface area (Å²) in [4.78, 5) is 14.3. The van der Waals surface area contributed by atoms with Gasteiger partial charge in [0.25, 0.3) is 0 Å². The summed E-state index contributed by atoms with van der Waals surface area (Å²) in [6, 6.07) is 0. The second-order valence-corrected chi connectivity index (χ2v) is 5.29. The maximum Gasteiger partial charge on any atom is 0.246 e. The Hall–Kier alpha value is -1.62. The van der Waals surface area contributed by atoms with Crippen molar-refractivity contribution < 1.29 is 4.79 Å². The van der Waals surface area contributed by atoms with Gasteiger partial charge in [0.2, 0.25) is 5.91 Å². The number of piperidine rings is 1. The number of fused-ring (bicyclic) bond motifs is 1. The number of hydrogen-bond acceptors (Lipinski definition) is 3. The molecule has 1 aromatic heterocycles. The van der Waals surface area contributed by atoms with Crippen LogP contribution in [-0.2, 0) is 17.8 Å². The van der Waals surface area contributed by atoms with E-state index in [1.54, 1.807) is 0 Å². The molecule has 1 fully saturated rings. The third-order valence-corrected chi connectivity index (χ3v) is 3.91. The highest BCUT2D eigenvalue weighted by Gasteiger charge is 2.19. The Morgan fingerprint density at radius 3 is 3.00 bits per heavy atom. The lowest BCUT2D eigenvalue weighted by Gasteiger charge is -2.20. The van der Waals surface area contributed by atoms with Gasteiger partial charge in [-0.1, -0.05) is 5.57 Å². The van der Waals surface area contributed by atoms with Crippen LogP contribution in [0.1, 0.15) is 30.5 Å². The summed E-state index contributed by atoms with van der Waals surface area (Å²) in [6.07, 6.45) is 7.68. The van der Waals surface area contributed by atoms with Crippen LogP contribution < -0.4 is 5.32 Å². The van der Waals surface area contributed by atoms with Gasteiger partial charge >= 0.3 is 0 Å². The lowest BCUT2D eigenvalue weighted by atomic mass is 10.1. The molecule has 19 heavy (non-hydrogen) atoms. The van der Waals surface area contributed by atoms with E-state index in [4.69, 9.17) is 0 Å². The zero-order valence-corrected chi connectivity index (χ0v) is 11.1. The lowest BCUT2D eigenvalue weighted by Crippen LogP contribution is -2.30. The molecule has 2 aliphatic heterocycles. The van der Waals surface area contributed by atoms with Crippen LogP contribution in [0.2, 0.25) is 0 Å². The first kappa shape index (κ1) is 12.4. The van der Waals surface area contributed by atoms with Crippen LogP contribution in [0.15, 0.2) is 17.8 Å². The van der Waals surface area contributed by atoms with E-state index < -0.39 is 0 Å². The van der Waals surface area contributed by atoms with Gasteiger partial charge in [0, 0.05) is 30.4 Å². The standard InChI is InChI=1S/C14H20N4O/c19-14(8-11-3-5-15-6-4-11)18-7-1-2-13-12(10-18)9-16-17-13/h8-9,15H,1-7,10H2,(H,16,17). The fourth-order valence-electron chi connectivity index (χ4n) is 2.77. The highest BCUT2D eigenvalue weighted by atomic mass is 16.2. The van der Waals surface area contributed by atoms with E-state index in [-0.39, 0.29) is 5.91 Å². The van der Waals surface area contributed by atoms with Gasteiger partial charge in [0.15, 0.2) is 0 Å². The van der Waals surface area contributed by atoms with Crippen LogP contribution in [0.5, 0.6) is 0 Å². The monoisotopic (exact) mass is 260 g/mol. The molecular weight excluding hydrogens is 240 g/mol. The molecule has 0 aliphatic carbocycles. The zero-order chi connectivity index (χ0) is 13.1. The normalized spacial score (nSPS) is 19.8. The average Bonchev–Trinajstić information content (AvgIpc) is 2.77. The maximum atomic E-state index is 12.3. The van der Waals surface area contributed by atoms with E-state index in [0.717, 1.165) is 50.9 Å². The van der Waals surface area contributed by atoms with Gasteiger partial charge < -0.3 is 10.2 Å². The maximum absolute atomic E-state index is 12.3. The van der Waals surface area contributed by atoms with Gasteiger partial charge in [-0.15, -0.1) is 0 Å². The minimum Gasteiger partial charge on any atom is -0.335 e. The van der Waals surface area contributed by atoms with Crippen molar-refractivity contribution in [3.05, 3.63) is 29.1 Å². The number of aromatic nitrogens is 2. The summed E-state index contributed by atoms with van der Waals surface area (Å²) in [5.41, 5.74) is 3.62. The van der Waals surface area contributed by atoms with Crippen molar-refractivity contribution >= 4 is 5.91 Å². The SMILES string of the molecule is O=C(C=C1CCNCC1)N1CCCc2[nH]ncc2C1. The summed E-state index contributed by atoms with van der Waals surface area (Å²) in [5.74, 6) is 0.158. The van der Waals surface area contributed by atoms with Gasteiger partial charge in [-0.3, -0.25) is 9.89 Å². The van der Waals surface area contributed by atoms with Crippen LogP contribution in [0.25, 0.3) is 0 Å². The van der Waals surface area contributed by atoms with Crippen molar-refractivity contribution in [1.29, 1.82) is 0 Å². The van der Waals surface area contributed by atoms with Gasteiger partial charge in [-0.05, 0) is 38.8 Å². The Morgan fingerprint density at radius 1 is 1.32 bits per heavy atom. The predicted octanol–water partition coefficient (Wildman–Crippen LogP) is 0.994. The Balaban J connectivity index is 1.70. The number of aryl methyl sites for hydroxylation is 1. The molecule has 5 heteroatoms. The third-order valence-electron chi connectivity index (χ3n) is 3.91. The van der Waals surface area contributed by atoms with Crippen molar-refractivity contribution in [2.24, 2.45) is 0 Å². The molecule has 0 atom stereocenters. The first-order valence-electron chi connectivity index (χ1n) is 7.03. The van der Waals surface area contributed by atoms with Crippen LogP contribution in [-0.4, -0.2) is 40.6 Å². The Kier molecular flexibility index (Phi) is 3.64. The second-order valence-electron chi connectivity index (χ2n) is 5.29.